The highest BCUT2D eigenvalue weighted by Crippen LogP contribution is 2.45. The first kappa shape index (κ1) is 28.4. The molecule has 0 aromatic heterocycles. The van der Waals surface area contributed by atoms with Crippen molar-refractivity contribution in [2.75, 3.05) is 26.2 Å². The summed E-state index contributed by atoms with van der Waals surface area (Å²) < 4.78 is 34.0. The van der Waals surface area contributed by atoms with Crippen LogP contribution in [0.5, 0.6) is 5.75 Å². The maximum absolute atomic E-state index is 14.3. The smallest absolute Gasteiger partial charge is 0.333 e. The molecular weight excluding hydrogens is 526 g/mol. The number of benzene rings is 3. The molecule has 0 radical (unpaired) electrons. The van der Waals surface area contributed by atoms with Crippen molar-refractivity contribution >= 4 is 17.8 Å². The topological polar surface area (TPSA) is 74.2 Å². The lowest BCUT2D eigenvalue weighted by Crippen LogP contribution is -2.56. The van der Waals surface area contributed by atoms with E-state index in [1.54, 1.807) is 24.3 Å². The Balaban J connectivity index is 1.73. The van der Waals surface area contributed by atoms with Gasteiger partial charge in [-0.1, -0.05) is 51.1 Å². The molecule has 0 unspecified atom stereocenters. The molecule has 1 fully saturated rings. The van der Waals surface area contributed by atoms with Gasteiger partial charge >= 0.3 is 6.03 Å². The molecule has 0 bridgehead atoms. The number of imide groups is 1. The summed E-state index contributed by atoms with van der Waals surface area (Å²) in [5.41, 5.74) is 2.78. The third-order valence-corrected chi connectivity index (χ3v) is 7.40. The molecule has 0 spiro atoms. The van der Waals surface area contributed by atoms with Crippen molar-refractivity contribution in [3.8, 4) is 5.75 Å². The van der Waals surface area contributed by atoms with E-state index in [-0.39, 0.29) is 24.4 Å². The van der Waals surface area contributed by atoms with Crippen LogP contribution in [0.4, 0.5) is 13.6 Å². The van der Waals surface area contributed by atoms with Crippen molar-refractivity contribution in [1.82, 2.24) is 15.1 Å². The van der Waals surface area contributed by atoms with Crippen LogP contribution in [0, 0.1) is 11.6 Å². The van der Waals surface area contributed by atoms with Crippen LogP contribution < -0.4 is 10.1 Å². The van der Waals surface area contributed by atoms with Gasteiger partial charge in [-0.2, -0.15) is 0 Å². The van der Waals surface area contributed by atoms with E-state index in [1.165, 1.54) is 34.1 Å². The number of amides is 3. The molecule has 3 amide bonds. The molecule has 5 rings (SSSR count). The molecule has 0 saturated carbocycles. The highest BCUT2D eigenvalue weighted by molar-refractivity contribution is 6.13. The van der Waals surface area contributed by atoms with Gasteiger partial charge in [0.1, 0.15) is 29.3 Å². The zero-order valence-electron chi connectivity index (χ0n) is 23.7. The van der Waals surface area contributed by atoms with Gasteiger partial charge in [-0.25, -0.2) is 13.6 Å². The lowest BCUT2D eigenvalue weighted by molar-refractivity contribution is -0.129. The van der Waals surface area contributed by atoms with Gasteiger partial charge in [0.2, 0.25) is 5.91 Å². The molecular formula is C32H34F2N4O3. The summed E-state index contributed by atoms with van der Waals surface area (Å²) in [6, 6.07) is 15.8. The third kappa shape index (κ3) is 5.72. The number of aliphatic imine (C=N–C) groups is 1. The minimum absolute atomic E-state index is 0.0408. The summed E-state index contributed by atoms with van der Waals surface area (Å²) in [6.07, 6.45) is 0. The standard InChI is InChI=1S/C32H34F2N4O3/c1-5-41-26-18-22(32(2,3)4)10-15-25(26)30-36-28(20-6-11-23(33)12-7-20)29(21-8-13-24(34)14-9-21)38(30)31(40)37-17-16-35-19-27(37)39/h6-15,18,28-29,35H,5,16-17,19H2,1-4H3/t28-,29+/m0/s1. The molecule has 2 aliphatic rings. The molecule has 2 atom stereocenters. The number of hydrogen-bond acceptors (Lipinski definition) is 5. The molecule has 3 aromatic carbocycles. The summed E-state index contributed by atoms with van der Waals surface area (Å²) in [5.74, 6) is -0.283. The van der Waals surface area contributed by atoms with E-state index in [9.17, 15) is 18.4 Å². The highest BCUT2D eigenvalue weighted by Gasteiger charge is 2.46. The van der Waals surface area contributed by atoms with Crippen LogP contribution in [0.25, 0.3) is 0 Å². The van der Waals surface area contributed by atoms with Crippen LogP contribution in [0.1, 0.15) is 62.0 Å². The Kier molecular flexibility index (Phi) is 7.91. The summed E-state index contributed by atoms with van der Waals surface area (Å²) in [7, 11) is 0. The largest absolute Gasteiger partial charge is 0.493 e. The fourth-order valence-corrected chi connectivity index (χ4v) is 5.24. The number of carbonyl (C=O) groups is 2. The molecule has 0 aliphatic carbocycles. The van der Waals surface area contributed by atoms with E-state index >= 15 is 0 Å². The van der Waals surface area contributed by atoms with E-state index in [0.717, 1.165) is 5.56 Å². The SMILES string of the molecule is CCOc1cc(C(C)(C)C)ccc1C1=N[C@@H](c2ccc(F)cc2)[C@@H](c2ccc(F)cc2)N1C(=O)N1CCNCC1=O. The zero-order valence-corrected chi connectivity index (χ0v) is 23.7. The minimum Gasteiger partial charge on any atom is -0.493 e. The van der Waals surface area contributed by atoms with Gasteiger partial charge < -0.3 is 10.1 Å². The number of nitrogens with one attached hydrogen (secondary N) is 1. The first-order chi connectivity index (χ1) is 19.6. The average Bonchev–Trinajstić information content (AvgIpc) is 3.34. The summed E-state index contributed by atoms with van der Waals surface area (Å²) in [6.45, 7) is 9.28. The van der Waals surface area contributed by atoms with Crippen molar-refractivity contribution < 1.29 is 23.1 Å². The highest BCUT2D eigenvalue weighted by atomic mass is 19.1. The second kappa shape index (κ2) is 11.4. The molecule has 2 aliphatic heterocycles. The van der Waals surface area contributed by atoms with Gasteiger partial charge in [0.05, 0.1) is 24.8 Å². The van der Waals surface area contributed by atoms with Crippen LogP contribution in [0.3, 0.4) is 0 Å². The van der Waals surface area contributed by atoms with Crippen LogP contribution in [-0.4, -0.2) is 53.8 Å². The van der Waals surface area contributed by atoms with Crippen molar-refractivity contribution in [2.45, 2.75) is 45.2 Å². The average molecular weight is 561 g/mol. The minimum atomic E-state index is -0.733. The molecule has 7 nitrogen and oxygen atoms in total. The Morgan fingerprint density at radius 3 is 2.22 bits per heavy atom. The summed E-state index contributed by atoms with van der Waals surface area (Å²) >= 11 is 0. The van der Waals surface area contributed by atoms with E-state index < -0.39 is 29.7 Å². The fourth-order valence-electron chi connectivity index (χ4n) is 5.24. The number of ether oxygens (including phenoxy) is 1. The number of amidine groups is 1. The molecule has 214 valence electrons. The number of urea groups is 1. The predicted molar refractivity (Wildman–Crippen MR) is 153 cm³/mol. The Labute approximate surface area is 238 Å². The lowest BCUT2D eigenvalue weighted by atomic mass is 9.86. The first-order valence-corrected chi connectivity index (χ1v) is 13.8. The maximum atomic E-state index is 14.3. The lowest BCUT2D eigenvalue weighted by Gasteiger charge is -2.35. The van der Waals surface area contributed by atoms with Crippen molar-refractivity contribution in [3.63, 3.8) is 0 Å². The van der Waals surface area contributed by atoms with Crippen molar-refractivity contribution in [2.24, 2.45) is 4.99 Å². The summed E-state index contributed by atoms with van der Waals surface area (Å²) in [5, 5.41) is 3.00. The number of rotatable bonds is 5. The normalized spacial score (nSPS) is 19.4. The van der Waals surface area contributed by atoms with Crippen LogP contribution in [0.2, 0.25) is 0 Å². The molecule has 9 heteroatoms. The van der Waals surface area contributed by atoms with Gasteiger partial charge in [0, 0.05) is 13.1 Å². The number of carbonyl (C=O) groups excluding carboxylic acids is 2. The van der Waals surface area contributed by atoms with E-state index in [4.69, 9.17) is 9.73 Å². The Morgan fingerprint density at radius 2 is 1.63 bits per heavy atom. The van der Waals surface area contributed by atoms with Crippen LogP contribution >= 0.6 is 0 Å². The van der Waals surface area contributed by atoms with Gasteiger partial charge in [0.15, 0.2) is 0 Å². The Hall–Kier alpha value is -4.11. The molecule has 3 aromatic rings. The quantitative estimate of drug-likeness (QED) is 0.431. The summed E-state index contributed by atoms with van der Waals surface area (Å²) in [4.78, 5) is 35.0. The van der Waals surface area contributed by atoms with E-state index in [1.807, 2.05) is 25.1 Å². The fraction of sp³-hybridized carbons (Fsp3) is 0.344. The van der Waals surface area contributed by atoms with Gasteiger partial charge in [-0.3, -0.25) is 19.6 Å². The molecule has 1 saturated heterocycles. The number of piperazine rings is 1. The third-order valence-electron chi connectivity index (χ3n) is 7.40. The van der Waals surface area contributed by atoms with Crippen LogP contribution in [0.15, 0.2) is 71.7 Å². The van der Waals surface area contributed by atoms with Crippen LogP contribution in [-0.2, 0) is 10.2 Å². The number of hydrogen-bond donors (Lipinski definition) is 1. The second-order valence-electron chi connectivity index (χ2n) is 11.2. The molecule has 1 N–H and O–H groups in total. The number of halogens is 2. The maximum Gasteiger partial charge on any atom is 0.333 e. The van der Waals surface area contributed by atoms with Gasteiger partial charge in [0.25, 0.3) is 0 Å². The molecule has 2 heterocycles. The van der Waals surface area contributed by atoms with Crippen molar-refractivity contribution in [1.29, 1.82) is 0 Å². The van der Waals surface area contributed by atoms with Gasteiger partial charge in [-0.05, 0) is 65.4 Å². The Morgan fingerprint density at radius 1 is 1.00 bits per heavy atom. The predicted octanol–water partition coefficient (Wildman–Crippen LogP) is 5.76. The van der Waals surface area contributed by atoms with Gasteiger partial charge in [-0.15, -0.1) is 0 Å². The zero-order chi connectivity index (χ0) is 29.3. The van der Waals surface area contributed by atoms with E-state index in [2.05, 4.69) is 26.1 Å². The van der Waals surface area contributed by atoms with Crippen molar-refractivity contribution in [3.05, 3.63) is 101 Å². The molecule has 41 heavy (non-hydrogen) atoms. The first-order valence-electron chi connectivity index (χ1n) is 13.8. The second-order valence-corrected chi connectivity index (χ2v) is 11.2. The Bertz CT molecular complexity index is 1470. The number of nitrogens with zero attached hydrogens (tertiary/aromatic N) is 3. The van der Waals surface area contributed by atoms with E-state index in [0.29, 0.717) is 41.4 Å². The monoisotopic (exact) mass is 560 g/mol.